The van der Waals surface area contributed by atoms with Crippen LogP contribution in [0.25, 0.3) is 11.0 Å². The largest absolute Gasteiger partial charge is 0.468 e. The van der Waals surface area contributed by atoms with Crippen LogP contribution in [0.4, 0.5) is 0 Å². The van der Waals surface area contributed by atoms with E-state index in [-0.39, 0.29) is 0 Å². The number of ether oxygens (including phenoxy) is 1. The van der Waals surface area contributed by atoms with Crippen LogP contribution in [0.5, 0.6) is 0 Å². The molecule has 0 aliphatic heterocycles. The first-order valence-corrected chi connectivity index (χ1v) is 6.44. The fraction of sp³-hybridized carbons (Fsp3) is 0.429. The van der Waals surface area contributed by atoms with Gasteiger partial charge in [-0.15, -0.1) is 0 Å². The summed E-state index contributed by atoms with van der Waals surface area (Å²) >= 11 is 0. The monoisotopic (exact) mass is 277 g/mol. The minimum atomic E-state index is -0.836. The van der Waals surface area contributed by atoms with Gasteiger partial charge in [0, 0.05) is 7.05 Å². The lowest BCUT2D eigenvalue weighted by molar-refractivity contribution is -0.145. The second-order valence-electron chi connectivity index (χ2n) is 4.70. The maximum absolute atomic E-state index is 11.6. The molecular formula is C14H19N3O3. The highest BCUT2D eigenvalue weighted by atomic mass is 16.5. The van der Waals surface area contributed by atoms with Gasteiger partial charge in [0.2, 0.25) is 0 Å². The Morgan fingerprint density at radius 1 is 1.50 bits per heavy atom. The predicted molar refractivity (Wildman–Crippen MR) is 75.0 cm³/mol. The van der Waals surface area contributed by atoms with E-state index >= 15 is 0 Å². The molecule has 6 nitrogen and oxygen atoms in total. The molecule has 0 bridgehead atoms. The lowest BCUT2D eigenvalue weighted by Crippen LogP contribution is -2.45. The lowest BCUT2D eigenvalue weighted by Gasteiger charge is -2.18. The number of nitrogens with one attached hydrogen (secondary N) is 1. The van der Waals surface area contributed by atoms with E-state index in [1.54, 1.807) is 6.92 Å². The molecule has 20 heavy (non-hydrogen) atoms. The minimum Gasteiger partial charge on any atom is -0.468 e. The number of hydrogen-bond acceptors (Lipinski definition) is 5. The van der Waals surface area contributed by atoms with Crippen LogP contribution in [0.15, 0.2) is 24.3 Å². The van der Waals surface area contributed by atoms with E-state index in [9.17, 15) is 9.90 Å². The Hall–Kier alpha value is -1.92. The molecule has 1 heterocycles. The van der Waals surface area contributed by atoms with Crippen molar-refractivity contribution in [3.05, 3.63) is 30.1 Å². The molecule has 0 aliphatic rings. The van der Waals surface area contributed by atoms with E-state index in [1.807, 2.05) is 35.9 Å². The molecule has 0 unspecified atom stereocenters. The first-order chi connectivity index (χ1) is 9.54. The van der Waals surface area contributed by atoms with Gasteiger partial charge in [-0.1, -0.05) is 12.1 Å². The second-order valence-corrected chi connectivity index (χ2v) is 4.70. The van der Waals surface area contributed by atoms with E-state index in [2.05, 4.69) is 15.0 Å². The zero-order valence-corrected chi connectivity index (χ0v) is 11.8. The highest BCUT2D eigenvalue weighted by Crippen LogP contribution is 2.14. The number of fused-ring (bicyclic) bond motifs is 1. The summed E-state index contributed by atoms with van der Waals surface area (Å²) in [4.78, 5) is 16.1. The normalized spacial score (nSPS) is 14.2. The van der Waals surface area contributed by atoms with Crippen molar-refractivity contribution in [3.63, 3.8) is 0 Å². The summed E-state index contributed by atoms with van der Waals surface area (Å²) in [6.45, 7) is 1.92. The van der Waals surface area contributed by atoms with Crippen LogP contribution in [-0.2, 0) is 23.1 Å². The summed E-state index contributed by atoms with van der Waals surface area (Å²) in [5.41, 5.74) is 1.93. The molecule has 0 fully saturated rings. The van der Waals surface area contributed by atoms with Crippen molar-refractivity contribution in [2.24, 2.45) is 7.05 Å². The van der Waals surface area contributed by atoms with Crippen LogP contribution >= 0.6 is 0 Å². The third kappa shape index (κ3) is 2.81. The molecule has 1 aromatic heterocycles. The Balaban J connectivity index is 2.16. The number of imidazole rings is 1. The number of esters is 1. The molecule has 108 valence electrons. The van der Waals surface area contributed by atoms with Gasteiger partial charge in [0.1, 0.15) is 11.9 Å². The second kappa shape index (κ2) is 6.02. The van der Waals surface area contributed by atoms with Gasteiger partial charge >= 0.3 is 5.97 Å². The average Bonchev–Trinajstić information content (AvgIpc) is 2.75. The van der Waals surface area contributed by atoms with Gasteiger partial charge in [0.05, 0.1) is 30.8 Å². The summed E-state index contributed by atoms with van der Waals surface area (Å²) in [5, 5.41) is 12.6. The van der Waals surface area contributed by atoms with E-state index in [4.69, 9.17) is 0 Å². The Kier molecular flexibility index (Phi) is 4.36. The molecule has 2 rings (SSSR count). The summed E-state index contributed by atoms with van der Waals surface area (Å²) in [7, 11) is 3.22. The SMILES string of the molecule is COC(=O)[C@H](NCc1nc2ccccc2n1C)[C@@H](C)O. The molecule has 1 aromatic carbocycles. The van der Waals surface area contributed by atoms with Crippen molar-refractivity contribution in [2.75, 3.05) is 7.11 Å². The van der Waals surface area contributed by atoms with Crippen LogP contribution in [0, 0.1) is 0 Å². The number of carbonyl (C=O) groups is 1. The van der Waals surface area contributed by atoms with Gasteiger partial charge in [-0.25, -0.2) is 4.98 Å². The van der Waals surface area contributed by atoms with Gasteiger partial charge in [0.25, 0.3) is 0 Å². The summed E-state index contributed by atoms with van der Waals surface area (Å²) in [5.74, 6) is 0.305. The Bertz CT molecular complexity index is 607. The molecule has 0 radical (unpaired) electrons. The van der Waals surface area contributed by atoms with E-state index in [1.165, 1.54) is 7.11 Å². The lowest BCUT2D eigenvalue weighted by atomic mass is 10.2. The van der Waals surface area contributed by atoms with Crippen molar-refractivity contribution in [1.29, 1.82) is 0 Å². The zero-order valence-electron chi connectivity index (χ0n) is 11.8. The van der Waals surface area contributed by atoms with Gasteiger partial charge in [-0.2, -0.15) is 0 Å². The quantitative estimate of drug-likeness (QED) is 0.782. The van der Waals surface area contributed by atoms with Crippen LogP contribution in [0.3, 0.4) is 0 Å². The van der Waals surface area contributed by atoms with E-state index < -0.39 is 18.1 Å². The number of aliphatic hydroxyl groups is 1. The third-order valence-electron chi connectivity index (χ3n) is 3.30. The number of aryl methyl sites for hydroxylation is 1. The molecule has 2 atom stereocenters. The van der Waals surface area contributed by atoms with Gasteiger partial charge in [-0.05, 0) is 19.1 Å². The molecule has 0 aliphatic carbocycles. The number of nitrogens with zero attached hydrogens (tertiary/aromatic N) is 2. The van der Waals surface area contributed by atoms with Crippen LogP contribution in [0.2, 0.25) is 0 Å². The van der Waals surface area contributed by atoms with Crippen molar-refractivity contribution >= 4 is 17.0 Å². The molecule has 0 saturated heterocycles. The minimum absolute atomic E-state index is 0.371. The maximum Gasteiger partial charge on any atom is 0.325 e. The number of hydrogen-bond donors (Lipinski definition) is 2. The van der Waals surface area contributed by atoms with Crippen molar-refractivity contribution in [3.8, 4) is 0 Å². The van der Waals surface area contributed by atoms with Gasteiger partial charge < -0.3 is 14.4 Å². The van der Waals surface area contributed by atoms with Gasteiger partial charge in [0.15, 0.2) is 0 Å². The summed E-state index contributed by atoms with van der Waals surface area (Å²) < 4.78 is 6.62. The number of aliphatic hydroxyl groups excluding tert-OH is 1. The molecular weight excluding hydrogens is 258 g/mol. The summed E-state index contributed by atoms with van der Waals surface area (Å²) in [6, 6.07) is 7.04. The van der Waals surface area contributed by atoms with Crippen molar-refractivity contribution in [2.45, 2.75) is 25.6 Å². The predicted octanol–water partition coefficient (Wildman–Crippen LogP) is 0.585. The first-order valence-electron chi connectivity index (χ1n) is 6.44. The molecule has 0 saturated carbocycles. The highest BCUT2D eigenvalue weighted by Gasteiger charge is 2.24. The maximum atomic E-state index is 11.6. The smallest absolute Gasteiger partial charge is 0.325 e. The van der Waals surface area contributed by atoms with Gasteiger partial charge in [-0.3, -0.25) is 10.1 Å². The number of carbonyl (C=O) groups excluding carboxylic acids is 1. The number of para-hydroxylation sites is 2. The van der Waals surface area contributed by atoms with Crippen molar-refractivity contribution < 1.29 is 14.6 Å². The molecule has 0 amide bonds. The number of benzene rings is 1. The molecule has 0 spiro atoms. The average molecular weight is 277 g/mol. The fourth-order valence-corrected chi connectivity index (χ4v) is 2.13. The Morgan fingerprint density at radius 2 is 2.20 bits per heavy atom. The number of aromatic nitrogens is 2. The van der Waals surface area contributed by atoms with Crippen LogP contribution in [-0.4, -0.2) is 39.9 Å². The third-order valence-corrected chi connectivity index (χ3v) is 3.30. The topological polar surface area (TPSA) is 76.4 Å². The molecule has 2 N–H and O–H groups in total. The number of methoxy groups -OCH3 is 1. The Labute approximate surface area is 117 Å². The Morgan fingerprint density at radius 3 is 2.80 bits per heavy atom. The summed E-state index contributed by atoms with van der Waals surface area (Å²) in [6.07, 6.45) is -0.836. The van der Waals surface area contributed by atoms with E-state index in [0.29, 0.717) is 6.54 Å². The van der Waals surface area contributed by atoms with Crippen molar-refractivity contribution in [1.82, 2.24) is 14.9 Å². The number of rotatable bonds is 5. The highest BCUT2D eigenvalue weighted by molar-refractivity contribution is 5.77. The first kappa shape index (κ1) is 14.5. The zero-order chi connectivity index (χ0) is 14.7. The standard InChI is InChI=1S/C14H19N3O3/c1-9(18)13(14(19)20-3)15-8-12-16-10-6-4-5-7-11(10)17(12)2/h4-7,9,13,15,18H,8H2,1-3H3/t9-,13-/m1/s1. The van der Waals surface area contributed by atoms with Crippen LogP contribution in [0.1, 0.15) is 12.7 Å². The molecule has 2 aromatic rings. The van der Waals surface area contributed by atoms with Crippen LogP contribution < -0.4 is 5.32 Å². The fourth-order valence-electron chi connectivity index (χ4n) is 2.13. The molecule has 6 heteroatoms. The van der Waals surface area contributed by atoms with E-state index in [0.717, 1.165) is 16.9 Å².